The number of aliphatic carboxylic acids is 1. The van der Waals surface area contributed by atoms with Crippen LogP contribution in [0.2, 0.25) is 0 Å². The van der Waals surface area contributed by atoms with E-state index in [0.717, 1.165) is 4.47 Å². The van der Waals surface area contributed by atoms with Gasteiger partial charge in [0.05, 0.1) is 6.42 Å². The van der Waals surface area contributed by atoms with Gasteiger partial charge in [-0.2, -0.15) is 0 Å². The van der Waals surface area contributed by atoms with Crippen molar-refractivity contribution < 1.29 is 14.7 Å². The van der Waals surface area contributed by atoms with Crippen LogP contribution in [-0.2, 0) is 4.79 Å². The molecule has 0 aliphatic heterocycles. The van der Waals surface area contributed by atoms with E-state index >= 15 is 0 Å². The monoisotopic (exact) mass is 299 g/mol. The minimum Gasteiger partial charge on any atom is -0.481 e. The Hall–Kier alpha value is -1.36. The molecule has 0 unspecified atom stereocenters. The van der Waals surface area contributed by atoms with Crippen molar-refractivity contribution in [2.75, 3.05) is 13.1 Å². The molecule has 0 aromatic heterocycles. The molecule has 92 valence electrons. The van der Waals surface area contributed by atoms with Crippen LogP contribution in [0.5, 0.6) is 0 Å². The molecule has 0 fully saturated rings. The van der Waals surface area contributed by atoms with Crippen LogP contribution >= 0.6 is 15.9 Å². The number of carboxylic acids is 1. The number of carboxylic acid groups (broad SMARTS) is 1. The highest BCUT2D eigenvalue weighted by Crippen LogP contribution is 2.13. The van der Waals surface area contributed by atoms with Gasteiger partial charge in [-0.05, 0) is 25.1 Å². The lowest BCUT2D eigenvalue weighted by molar-refractivity contribution is -0.137. The SMILES string of the molecule is CCN(CCC(=O)O)C(=O)c1cccc(Br)c1. The highest BCUT2D eigenvalue weighted by atomic mass is 79.9. The third-order valence-corrected chi connectivity index (χ3v) is 2.83. The van der Waals surface area contributed by atoms with Crippen LogP contribution < -0.4 is 0 Å². The summed E-state index contributed by atoms with van der Waals surface area (Å²) in [6.45, 7) is 2.56. The Morgan fingerprint density at radius 2 is 2.12 bits per heavy atom. The van der Waals surface area contributed by atoms with Gasteiger partial charge in [0.1, 0.15) is 0 Å². The van der Waals surface area contributed by atoms with E-state index in [1.807, 2.05) is 13.0 Å². The normalized spacial score (nSPS) is 10.0. The molecule has 5 heteroatoms. The van der Waals surface area contributed by atoms with Gasteiger partial charge >= 0.3 is 5.97 Å². The fourth-order valence-electron chi connectivity index (χ4n) is 1.44. The Bertz CT molecular complexity index is 420. The summed E-state index contributed by atoms with van der Waals surface area (Å²) in [5.74, 6) is -1.04. The van der Waals surface area contributed by atoms with Crippen LogP contribution in [0.3, 0.4) is 0 Å². The fourth-order valence-corrected chi connectivity index (χ4v) is 1.84. The number of carbonyl (C=O) groups excluding carboxylic acids is 1. The molecule has 0 spiro atoms. The minimum absolute atomic E-state index is 0.0341. The van der Waals surface area contributed by atoms with Crippen LogP contribution in [0.25, 0.3) is 0 Å². The molecule has 0 bridgehead atoms. The number of benzene rings is 1. The zero-order chi connectivity index (χ0) is 12.8. The molecule has 0 aliphatic carbocycles. The molecule has 0 saturated carbocycles. The fraction of sp³-hybridized carbons (Fsp3) is 0.333. The maximum atomic E-state index is 12.1. The average Bonchev–Trinajstić information content (AvgIpc) is 2.29. The van der Waals surface area contributed by atoms with Crippen LogP contribution in [0.4, 0.5) is 0 Å². The zero-order valence-corrected chi connectivity index (χ0v) is 11.1. The van der Waals surface area contributed by atoms with Gasteiger partial charge < -0.3 is 10.0 Å². The van der Waals surface area contributed by atoms with Crippen molar-refractivity contribution >= 4 is 27.8 Å². The van der Waals surface area contributed by atoms with Gasteiger partial charge in [0.25, 0.3) is 5.91 Å². The van der Waals surface area contributed by atoms with Crippen molar-refractivity contribution in [3.8, 4) is 0 Å². The summed E-state index contributed by atoms with van der Waals surface area (Å²) in [6.07, 6.45) is -0.0341. The number of carbonyl (C=O) groups is 2. The standard InChI is InChI=1S/C12H14BrNO3/c1-2-14(7-6-11(15)16)12(17)9-4-3-5-10(13)8-9/h3-5,8H,2,6-7H2,1H3,(H,15,16). The topological polar surface area (TPSA) is 57.6 Å². The second-order valence-electron chi connectivity index (χ2n) is 3.54. The molecular formula is C12H14BrNO3. The molecule has 4 nitrogen and oxygen atoms in total. The summed E-state index contributed by atoms with van der Waals surface area (Å²) in [4.78, 5) is 24.1. The lowest BCUT2D eigenvalue weighted by Crippen LogP contribution is -2.32. The first-order chi connectivity index (χ1) is 8.04. The molecule has 0 heterocycles. The minimum atomic E-state index is -0.898. The molecule has 1 N–H and O–H groups in total. The third-order valence-electron chi connectivity index (χ3n) is 2.34. The summed E-state index contributed by atoms with van der Waals surface area (Å²) in [6, 6.07) is 7.06. The molecule has 1 aromatic rings. The molecule has 0 saturated heterocycles. The van der Waals surface area contributed by atoms with Crippen LogP contribution in [-0.4, -0.2) is 35.0 Å². The quantitative estimate of drug-likeness (QED) is 0.908. The summed E-state index contributed by atoms with van der Waals surface area (Å²) < 4.78 is 0.831. The second-order valence-corrected chi connectivity index (χ2v) is 4.45. The molecule has 1 aromatic carbocycles. The predicted octanol–water partition coefficient (Wildman–Crippen LogP) is 2.39. The maximum absolute atomic E-state index is 12.1. The van der Waals surface area contributed by atoms with E-state index in [1.165, 1.54) is 4.90 Å². The van der Waals surface area contributed by atoms with Gasteiger partial charge in [0.15, 0.2) is 0 Å². The zero-order valence-electron chi connectivity index (χ0n) is 9.52. The molecule has 17 heavy (non-hydrogen) atoms. The van der Waals surface area contributed by atoms with Crippen molar-refractivity contribution in [1.82, 2.24) is 4.90 Å². The average molecular weight is 300 g/mol. The van der Waals surface area contributed by atoms with E-state index in [9.17, 15) is 9.59 Å². The smallest absolute Gasteiger partial charge is 0.305 e. The Balaban J connectivity index is 2.75. The molecule has 0 atom stereocenters. The Morgan fingerprint density at radius 1 is 1.41 bits per heavy atom. The molecule has 0 aliphatic rings. The van der Waals surface area contributed by atoms with Crippen molar-refractivity contribution in [1.29, 1.82) is 0 Å². The van der Waals surface area contributed by atoms with Gasteiger partial charge in [-0.15, -0.1) is 0 Å². The van der Waals surface area contributed by atoms with Crippen LogP contribution in [0.1, 0.15) is 23.7 Å². The van der Waals surface area contributed by atoms with Crippen molar-refractivity contribution in [3.05, 3.63) is 34.3 Å². The highest BCUT2D eigenvalue weighted by Gasteiger charge is 2.15. The predicted molar refractivity (Wildman–Crippen MR) is 68.0 cm³/mol. The molecule has 0 radical (unpaired) electrons. The van der Waals surface area contributed by atoms with E-state index in [2.05, 4.69) is 15.9 Å². The van der Waals surface area contributed by atoms with E-state index in [4.69, 9.17) is 5.11 Å². The lowest BCUT2D eigenvalue weighted by Gasteiger charge is -2.20. The summed E-state index contributed by atoms with van der Waals surface area (Å²) in [5, 5.41) is 8.61. The van der Waals surface area contributed by atoms with Gasteiger partial charge in [-0.1, -0.05) is 22.0 Å². The molecule has 1 amide bonds. The summed E-state index contributed by atoms with van der Waals surface area (Å²) in [7, 11) is 0. The van der Waals surface area contributed by atoms with Crippen molar-refractivity contribution in [2.24, 2.45) is 0 Å². The highest BCUT2D eigenvalue weighted by molar-refractivity contribution is 9.10. The van der Waals surface area contributed by atoms with Gasteiger partial charge in [-0.25, -0.2) is 0 Å². The van der Waals surface area contributed by atoms with Gasteiger partial charge in [-0.3, -0.25) is 9.59 Å². The van der Waals surface area contributed by atoms with Crippen molar-refractivity contribution in [3.63, 3.8) is 0 Å². The Kier molecular flexibility index (Phi) is 5.15. The van der Waals surface area contributed by atoms with Gasteiger partial charge in [0.2, 0.25) is 0 Å². The van der Waals surface area contributed by atoms with Crippen LogP contribution in [0.15, 0.2) is 28.7 Å². The van der Waals surface area contributed by atoms with Gasteiger partial charge in [0, 0.05) is 23.1 Å². The number of halogens is 1. The third kappa shape index (κ3) is 4.19. The van der Waals surface area contributed by atoms with E-state index < -0.39 is 5.97 Å². The number of rotatable bonds is 5. The van der Waals surface area contributed by atoms with E-state index in [0.29, 0.717) is 12.1 Å². The second kappa shape index (κ2) is 6.39. The number of hydrogen-bond acceptors (Lipinski definition) is 2. The first-order valence-electron chi connectivity index (χ1n) is 5.31. The van der Waals surface area contributed by atoms with Crippen LogP contribution in [0, 0.1) is 0 Å². The number of hydrogen-bond donors (Lipinski definition) is 1. The first-order valence-corrected chi connectivity index (χ1v) is 6.10. The summed E-state index contributed by atoms with van der Waals surface area (Å²) >= 11 is 3.30. The summed E-state index contributed by atoms with van der Waals surface area (Å²) in [5.41, 5.74) is 0.562. The first kappa shape index (κ1) is 13.7. The number of amides is 1. The number of nitrogens with zero attached hydrogens (tertiary/aromatic N) is 1. The van der Waals surface area contributed by atoms with E-state index in [-0.39, 0.29) is 18.9 Å². The molecule has 1 rings (SSSR count). The van der Waals surface area contributed by atoms with Crippen molar-refractivity contribution in [2.45, 2.75) is 13.3 Å². The maximum Gasteiger partial charge on any atom is 0.305 e. The Labute approximate surface area is 108 Å². The van der Waals surface area contributed by atoms with E-state index in [1.54, 1.807) is 18.2 Å². The largest absolute Gasteiger partial charge is 0.481 e. The lowest BCUT2D eigenvalue weighted by atomic mass is 10.2. The molecular weight excluding hydrogens is 286 g/mol. The Morgan fingerprint density at radius 3 is 2.65 bits per heavy atom.